The molecular weight excluding hydrogens is 238 g/mol. The quantitative estimate of drug-likeness (QED) is 0.835. The van der Waals surface area contributed by atoms with Crippen molar-refractivity contribution in [2.45, 2.75) is 38.5 Å². The monoisotopic (exact) mass is 259 g/mol. The van der Waals surface area contributed by atoms with Gasteiger partial charge in [-0.15, -0.1) is 0 Å². The van der Waals surface area contributed by atoms with Gasteiger partial charge in [0.2, 0.25) is 0 Å². The van der Waals surface area contributed by atoms with E-state index in [1.807, 2.05) is 11.0 Å². The molecule has 1 aromatic carbocycles. The molecule has 3 rings (SSSR count). The van der Waals surface area contributed by atoms with Crippen molar-refractivity contribution in [3.63, 3.8) is 0 Å². The van der Waals surface area contributed by atoms with E-state index in [9.17, 15) is 4.79 Å². The summed E-state index contributed by atoms with van der Waals surface area (Å²) in [5.74, 6) is 0.964. The molecule has 1 saturated heterocycles. The fourth-order valence-electron chi connectivity index (χ4n) is 3.02. The van der Waals surface area contributed by atoms with Crippen LogP contribution in [-0.4, -0.2) is 30.5 Å². The summed E-state index contributed by atoms with van der Waals surface area (Å²) >= 11 is 0. The third-order valence-electron chi connectivity index (χ3n) is 4.14. The third kappa shape index (κ3) is 2.91. The zero-order valence-corrected chi connectivity index (χ0v) is 11.4. The minimum absolute atomic E-state index is 0.125. The first-order valence-electron chi connectivity index (χ1n) is 7.35. The van der Waals surface area contributed by atoms with Crippen LogP contribution in [0.1, 0.15) is 36.8 Å². The van der Waals surface area contributed by atoms with Gasteiger partial charge in [-0.3, -0.25) is 4.79 Å². The van der Waals surface area contributed by atoms with E-state index in [-0.39, 0.29) is 12.5 Å². The van der Waals surface area contributed by atoms with E-state index in [4.69, 9.17) is 4.74 Å². The summed E-state index contributed by atoms with van der Waals surface area (Å²) < 4.78 is 5.66. The highest BCUT2D eigenvalue weighted by atomic mass is 16.5. The molecular formula is C16H21NO2. The number of fused-ring (bicyclic) bond motifs is 1. The molecule has 0 bridgehead atoms. The van der Waals surface area contributed by atoms with Crippen molar-refractivity contribution in [1.29, 1.82) is 0 Å². The Morgan fingerprint density at radius 2 is 1.84 bits per heavy atom. The Kier molecular flexibility index (Phi) is 3.72. The first-order valence-corrected chi connectivity index (χ1v) is 7.35. The number of nitrogens with zero attached hydrogens (tertiary/aromatic N) is 1. The largest absolute Gasteiger partial charge is 0.484 e. The average Bonchev–Trinajstić information content (AvgIpc) is 2.93. The van der Waals surface area contributed by atoms with Gasteiger partial charge in [-0.2, -0.15) is 0 Å². The number of hydrogen-bond acceptors (Lipinski definition) is 2. The van der Waals surface area contributed by atoms with Crippen molar-refractivity contribution in [3.05, 3.63) is 29.3 Å². The Balaban J connectivity index is 1.55. The lowest BCUT2D eigenvalue weighted by Gasteiger charge is -2.26. The number of carbonyl (C=O) groups is 1. The summed E-state index contributed by atoms with van der Waals surface area (Å²) in [5, 5.41) is 0. The van der Waals surface area contributed by atoms with Gasteiger partial charge < -0.3 is 9.64 Å². The van der Waals surface area contributed by atoms with Crippen LogP contribution in [0, 0.1) is 0 Å². The van der Waals surface area contributed by atoms with Crippen molar-refractivity contribution in [3.8, 4) is 5.75 Å². The van der Waals surface area contributed by atoms with Crippen LogP contribution in [-0.2, 0) is 17.6 Å². The maximum Gasteiger partial charge on any atom is 0.260 e. The van der Waals surface area contributed by atoms with Gasteiger partial charge in [0, 0.05) is 13.1 Å². The van der Waals surface area contributed by atoms with Crippen LogP contribution in [0.15, 0.2) is 18.2 Å². The minimum Gasteiger partial charge on any atom is -0.484 e. The van der Waals surface area contributed by atoms with Gasteiger partial charge in [-0.05, 0) is 61.8 Å². The second-order valence-corrected chi connectivity index (χ2v) is 5.51. The summed E-state index contributed by atoms with van der Waals surface area (Å²) in [5.41, 5.74) is 2.83. The van der Waals surface area contributed by atoms with Crippen molar-refractivity contribution in [2.24, 2.45) is 0 Å². The van der Waals surface area contributed by atoms with Crippen molar-refractivity contribution < 1.29 is 9.53 Å². The highest BCUT2D eigenvalue weighted by Crippen LogP contribution is 2.26. The maximum absolute atomic E-state index is 12.0. The molecule has 1 aromatic rings. The second kappa shape index (κ2) is 5.64. The Bertz CT molecular complexity index is 464. The summed E-state index contributed by atoms with van der Waals surface area (Å²) in [4.78, 5) is 13.9. The lowest BCUT2D eigenvalue weighted by atomic mass is 10.1. The van der Waals surface area contributed by atoms with Gasteiger partial charge in [0.1, 0.15) is 5.75 Å². The van der Waals surface area contributed by atoms with Crippen LogP contribution in [0.25, 0.3) is 0 Å². The molecule has 102 valence electrons. The number of ether oxygens (including phenoxy) is 1. The Labute approximate surface area is 114 Å². The van der Waals surface area contributed by atoms with E-state index in [0.29, 0.717) is 0 Å². The van der Waals surface area contributed by atoms with Gasteiger partial charge in [0.15, 0.2) is 6.61 Å². The molecule has 0 N–H and O–H groups in total. The smallest absolute Gasteiger partial charge is 0.260 e. The predicted octanol–water partition coefficient (Wildman–Crippen LogP) is 2.57. The number of rotatable bonds is 3. The summed E-state index contributed by atoms with van der Waals surface area (Å²) in [6.07, 6.45) is 7.07. The molecule has 0 aromatic heterocycles. The number of carbonyl (C=O) groups excluding carboxylic acids is 1. The number of likely N-dealkylation sites (tertiary alicyclic amines) is 1. The Morgan fingerprint density at radius 1 is 1.05 bits per heavy atom. The zero-order chi connectivity index (χ0) is 13.1. The van der Waals surface area contributed by atoms with Crippen molar-refractivity contribution >= 4 is 5.91 Å². The first-order chi connectivity index (χ1) is 9.33. The summed E-state index contributed by atoms with van der Waals surface area (Å²) in [6.45, 7) is 1.97. The van der Waals surface area contributed by atoms with Crippen molar-refractivity contribution in [1.82, 2.24) is 4.90 Å². The van der Waals surface area contributed by atoms with Crippen LogP contribution in [0.2, 0.25) is 0 Å². The third-order valence-corrected chi connectivity index (χ3v) is 4.14. The van der Waals surface area contributed by atoms with Crippen LogP contribution >= 0.6 is 0 Å². The molecule has 0 radical (unpaired) electrons. The average molecular weight is 259 g/mol. The molecule has 2 aliphatic rings. The lowest BCUT2D eigenvalue weighted by Crippen LogP contribution is -2.38. The molecule has 1 fully saturated rings. The molecule has 19 heavy (non-hydrogen) atoms. The Hall–Kier alpha value is -1.51. The highest BCUT2D eigenvalue weighted by molar-refractivity contribution is 5.77. The zero-order valence-electron chi connectivity index (χ0n) is 11.4. The van der Waals surface area contributed by atoms with E-state index < -0.39 is 0 Å². The van der Waals surface area contributed by atoms with E-state index in [1.165, 1.54) is 30.4 Å². The SMILES string of the molecule is O=C(COc1ccc2c(c1)CCC2)N1CCCCC1. The second-order valence-electron chi connectivity index (χ2n) is 5.51. The van der Waals surface area contributed by atoms with Crippen LogP contribution < -0.4 is 4.74 Å². The predicted molar refractivity (Wildman–Crippen MR) is 74.4 cm³/mol. The highest BCUT2D eigenvalue weighted by Gasteiger charge is 2.17. The molecule has 1 aliphatic heterocycles. The lowest BCUT2D eigenvalue weighted by molar-refractivity contribution is -0.134. The fourth-order valence-corrected chi connectivity index (χ4v) is 3.02. The van der Waals surface area contributed by atoms with Gasteiger partial charge >= 0.3 is 0 Å². The normalized spacial score (nSPS) is 18.2. The molecule has 1 aliphatic carbocycles. The van der Waals surface area contributed by atoms with Crippen molar-refractivity contribution in [2.75, 3.05) is 19.7 Å². The van der Waals surface area contributed by atoms with E-state index in [0.717, 1.165) is 38.1 Å². The molecule has 0 saturated carbocycles. The van der Waals surface area contributed by atoms with Gasteiger partial charge in [0.05, 0.1) is 0 Å². The maximum atomic E-state index is 12.0. The molecule has 3 nitrogen and oxygen atoms in total. The van der Waals surface area contributed by atoms with Gasteiger partial charge in [0.25, 0.3) is 5.91 Å². The first kappa shape index (κ1) is 12.5. The number of aryl methyl sites for hydroxylation is 2. The molecule has 1 amide bonds. The number of hydrogen-bond donors (Lipinski definition) is 0. The molecule has 0 spiro atoms. The number of amides is 1. The van der Waals surface area contributed by atoms with E-state index in [1.54, 1.807) is 0 Å². The standard InChI is InChI=1S/C16H21NO2/c18-16(17-9-2-1-3-10-17)12-19-15-8-7-13-5-4-6-14(13)11-15/h7-8,11H,1-6,9-10,12H2. The minimum atomic E-state index is 0.125. The summed E-state index contributed by atoms with van der Waals surface area (Å²) in [6, 6.07) is 6.24. The van der Waals surface area contributed by atoms with Gasteiger partial charge in [-0.1, -0.05) is 6.07 Å². The fraction of sp³-hybridized carbons (Fsp3) is 0.562. The van der Waals surface area contributed by atoms with E-state index >= 15 is 0 Å². The Morgan fingerprint density at radius 3 is 2.68 bits per heavy atom. The summed E-state index contributed by atoms with van der Waals surface area (Å²) in [7, 11) is 0. The van der Waals surface area contributed by atoms with Crippen LogP contribution in [0.3, 0.4) is 0 Å². The topological polar surface area (TPSA) is 29.5 Å². The van der Waals surface area contributed by atoms with E-state index in [2.05, 4.69) is 12.1 Å². The number of benzene rings is 1. The molecule has 3 heteroatoms. The van der Waals surface area contributed by atoms with Crippen LogP contribution in [0.4, 0.5) is 0 Å². The molecule has 0 atom stereocenters. The molecule has 0 unspecified atom stereocenters. The van der Waals surface area contributed by atoms with Gasteiger partial charge in [-0.25, -0.2) is 0 Å². The number of piperidine rings is 1. The van der Waals surface area contributed by atoms with Crippen LogP contribution in [0.5, 0.6) is 5.75 Å². The molecule has 1 heterocycles.